The maximum Gasteiger partial charge on any atom is 0.180 e. The molecule has 0 aliphatic carbocycles. The van der Waals surface area contributed by atoms with Gasteiger partial charge in [-0.1, -0.05) is 19.1 Å². The van der Waals surface area contributed by atoms with Gasteiger partial charge >= 0.3 is 0 Å². The zero-order chi connectivity index (χ0) is 13.9. The topological polar surface area (TPSA) is 49.4 Å². The standard InChI is InChI=1S/C14H22N2O2S/c1-3-19(17,18)14-7-5-4-6-13(14)16-10-8-12(15-2)9-11-16/h4-7,12,15H,3,8-11H2,1-2H3. The maximum absolute atomic E-state index is 12.1. The van der Waals surface area contributed by atoms with Crippen molar-refractivity contribution in [3.63, 3.8) is 0 Å². The molecular weight excluding hydrogens is 260 g/mol. The van der Waals surface area contributed by atoms with E-state index in [-0.39, 0.29) is 5.75 Å². The van der Waals surface area contributed by atoms with Crippen LogP contribution in [0.25, 0.3) is 0 Å². The second-order valence-corrected chi connectivity index (χ2v) is 7.17. The molecule has 1 aromatic rings. The number of para-hydroxylation sites is 1. The first-order valence-electron chi connectivity index (χ1n) is 6.82. The van der Waals surface area contributed by atoms with Crippen LogP contribution in [-0.4, -0.2) is 40.3 Å². The average molecular weight is 282 g/mol. The molecule has 0 aromatic heterocycles. The van der Waals surface area contributed by atoms with Gasteiger partial charge in [-0.25, -0.2) is 8.42 Å². The van der Waals surface area contributed by atoms with Gasteiger partial charge in [0.2, 0.25) is 0 Å². The summed E-state index contributed by atoms with van der Waals surface area (Å²) >= 11 is 0. The highest BCUT2D eigenvalue weighted by atomic mass is 32.2. The Bertz CT molecular complexity index is 520. The molecule has 1 heterocycles. The van der Waals surface area contributed by atoms with Crippen LogP contribution in [0.5, 0.6) is 0 Å². The molecule has 19 heavy (non-hydrogen) atoms. The Morgan fingerprint density at radius 1 is 1.26 bits per heavy atom. The van der Waals surface area contributed by atoms with E-state index in [0.717, 1.165) is 31.6 Å². The number of benzene rings is 1. The van der Waals surface area contributed by atoms with Crippen molar-refractivity contribution in [2.24, 2.45) is 0 Å². The fourth-order valence-electron chi connectivity index (χ4n) is 2.55. The van der Waals surface area contributed by atoms with Crippen LogP contribution in [0, 0.1) is 0 Å². The van der Waals surface area contributed by atoms with Crippen molar-refractivity contribution in [2.45, 2.75) is 30.7 Å². The first-order valence-corrected chi connectivity index (χ1v) is 8.47. The Kier molecular flexibility index (Phi) is 4.47. The first-order chi connectivity index (χ1) is 9.08. The molecule has 1 fully saturated rings. The normalized spacial score (nSPS) is 17.7. The van der Waals surface area contributed by atoms with Crippen LogP contribution in [-0.2, 0) is 9.84 Å². The number of hydrogen-bond donors (Lipinski definition) is 1. The highest BCUT2D eigenvalue weighted by molar-refractivity contribution is 7.91. The molecule has 0 saturated carbocycles. The van der Waals surface area contributed by atoms with E-state index >= 15 is 0 Å². The van der Waals surface area contributed by atoms with Crippen molar-refractivity contribution < 1.29 is 8.42 Å². The van der Waals surface area contributed by atoms with Gasteiger partial charge in [0, 0.05) is 19.1 Å². The molecule has 0 radical (unpaired) electrons. The van der Waals surface area contributed by atoms with Crippen LogP contribution < -0.4 is 10.2 Å². The minimum absolute atomic E-state index is 0.150. The molecular formula is C14H22N2O2S. The summed E-state index contributed by atoms with van der Waals surface area (Å²) < 4.78 is 24.3. The van der Waals surface area contributed by atoms with E-state index in [9.17, 15) is 8.42 Å². The molecule has 0 spiro atoms. The highest BCUT2D eigenvalue weighted by Gasteiger charge is 2.23. The highest BCUT2D eigenvalue weighted by Crippen LogP contribution is 2.28. The van der Waals surface area contributed by atoms with E-state index < -0.39 is 9.84 Å². The maximum atomic E-state index is 12.1. The molecule has 1 saturated heterocycles. The Morgan fingerprint density at radius 2 is 1.89 bits per heavy atom. The van der Waals surface area contributed by atoms with Crippen LogP contribution in [0.2, 0.25) is 0 Å². The molecule has 0 amide bonds. The lowest BCUT2D eigenvalue weighted by Crippen LogP contribution is -2.41. The summed E-state index contributed by atoms with van der Waals surface area (Å²) in [5, 5.41) is 3.29. The Labute approximate surface area is 115 Å². The number of anilines is 1. The molecule has 0 unspecified atom stereocenters. The van der Waals surface area contributed by atoms with Gasteiger partial charge in [0.05, 0.1) is 16.3 Å². The number of nitrogens with zero attached hydrogens (tertiary/aromatic N) is 1. The predicted molar refractivity (Wildman–Crippen MR) is 78.5 cm³/mol. The molecule has 5 heteroatoms. The summed E-state index contributed by atoms with van der Waals surface area (Å²) in [7, 11) is -1.17. The van der Waals surface area contributed by atoms with Gasteiger partial charge in [-0.15, -0.1) is 0 Å². The Morgan fingerprint density at radius 3 is 2.47 bits per heavy atom. The minimum atomic E-state index is -3.15. The van der Waals surface area contributed by atoms with Gasteiger partial charge in [-0.05, 0) is 32.0 Å². The smallest absolute Gasteiger partial charge is 0.180 e. The summed E-state index contributed by atoms with van der Waals surface area (Å²) in [6.45, 7) is 3.50. The van der Waals surface area contributed by atoms with Gasteiger partial charge in [0.25, 0.3) is 0 Å². The zero-order valence-corrected chi connectivity index (χ0v) is 12.4. The van der Waals surface area contributed by atoms with Crippen molar-refractivity contribution in [1.82, 2.24) is 5.32 Å². The second-order valence-electron chi connectivity index (χ2n) is 4.92. The van der Waals surface area contributed by atoms with Gasteiger partial charge in [0.15, 0.2) is 9.84 Å². The van der Waals surface area contributed by atoms with Crippen molar-refractivity contribution in [1.29, 1.82) is 0 Å². The monoisotopic (exact) mass is 282 g/mol. The van der Waals surface area contributed by atoms with E-state index in [4.69, 9.17) is 0 Å². The third-order valence-electron chi connectivity index (χ3n) is 3.82. The van der Waals surface area contributed by atoms with E-state index in [0.29, 0.717) is 10.9 Å². The van der Waals surface area contributed by atoms with Gasteiger partial charge in [-0.2, -0.15) is 0 Å². The Hall–Kier alpha value is -1.07. The largest absolute Gasteiger partial charge is 0.370 e. The summed E-state index contributed by atoms with van der Waals surface area (Å²) in [4.78, 5) is 2.66. The first kappa shape index (κ1) is 14.3. The zero-order valence-electron chi connectivity index (χ0n) is 11.6. The van der Waals surface area contributed by atoms with Gasteiger partial charge in [-0.3, -0.25) is 0 Å². The number of hydrogen-bond acceptors (Lipinski definition) is 4. The molecule has 0 bridgehead atoms. The van der Waals surface area contributed by atoms with Gasteiger partial charge < -0.3 is 10.2 Å². The van der Waals surface area contributed by atoms with Crippen LogP contribution in [0.3, 0.4) is 0 Å². The number of sulfone groups is 1. The molecule has 0 atom stereocenters. The molecule has 106 valence electrons. The molecule has 1 aliphatic rings. The van der Waals surface area contributed by atoms with E-state index in [1.807, 2.05) is 19.2 Å². The van der Waals surface area contributed by atoms with Crippen LogP contribution in [0.15, 0.2) is 29.2 Å². The number of rotatable bonds is 4. The molecule has 4 nitrogen and oxygen atoms in total. The van der Waals surface area contributed by atoms with Crippen molar-refractivity contribution in [3.05, 3.63) is 24.3 Å². The van der Waals surface area contributed by atoms with E-state index in [1.54, 1.807) is 19.1 Å². The van der Waals surface area contributed by atoms with E-state index in [2.05, 4.69) is 10.2 Å². The molecule has 1 N–H and O–H groups in total. The SMILES string of the molecule is CCS(=O)(=O)c1ccccc1N1CCC(NC)CC1. The second kappa shape index (κ2) is 5.92. The lowest BCUT2D eigenvalue weighted by atomic mass is 10.0. The quantitative estimate of drug-likeness (QED) is 0.912. The summed E-state index contributed by atoms with van der Waals surface area (Å²) in [5.41, 5.74) is 0.860. The third-order valence-corrected chi connectivity index (χ3v) is 5.60. The summed E-state index contributed by atoms with van der Waals surface area (Å²) in [6.07, 6.45) is 2.11. The van der Waals surface area contributed by atoms with Gasteiger partial charge in [0.1, 0.15) is 0 Å². The van der Waals surface area contributed by atoms with Crippen molar-refractivity contribution in [2.75, 3.05) is 30.8 Å². The lowest BCUT2D eigenvalue weighted by Gasteiger charge is -2.34. The van der Waals surface area contributed by atoms with Crippen LogP contribution >= 0.6 is 0 Å². The molecule has 1 aliphatic heterocycles. The molecule has 1 aromatic carbocycles. The van der Waals surface area contributed by atoms with E-state index in [1.165, 1.54) is 0 Å². The number of piperidine rings is 1. The van der Waals surface area contributed by atoms with Crippen LogP contribution in [0.1, 0.15) is 19.8 Å². The van der Waals surface area contributed by atoms with Crippen molar-refractivity contribution in [3.8, 4) is 0 Å². The lowest BCUT2D eigenvalue weighted by molar-refractivity contribution is 0.441. The summed E-state index contributed by atoms with van der Waals surface area (Å²) in [5.74, 6) is 0.150. The minimum Gasteiger partial charge on any atom is -0.370 e. The molecule has 2 rings (SSSR count). The Balaban J connectivity index is 2.27. The number of nitrogens with one attached hydrogen (secondary N) is 1. The van der Waals surface area contributed by atoms with Crippen molar-refractivity contribution >= 4 is 15.5 Å². The third kappa shape index (κ3) is 3.09. The fraction of sp³-hybridized carbons (Fsp3) is 0.571. The van der Waals surface area contributed by atoms with Crippen LogP contribution in [0.4, 0.5) is 5.69 Å². The fourth-order valence-corrected chi connectivity index (χ4v) is 3.66. The predicted octanol–water partition coefficient (Wildman–Crippen LogP) is 1.67. The average Bonchev–Trinajstić information content (AvgIpc) is 2.47. The summed E-state index contributed by atoms with van der Waals surface area (Å²) in [6, 6.07) is 7.90.